The van der Waals surface area contributed by atoms with Crippen LogP contribution in [-0.2, 0) is 6.54 Å². The Labute approximate surface area is 88.4 Å². The molecule has 0 aliphatic heterocycles. The fourth-order valence-electron chi connectivity index (χ4n) is 1.08. The van der Waals surface area contributed by atoms with Gasteiger partial charge in [0.1, 0.15) is 0 Å². The number of nitrogens with one attached hydrogen (secondary N) is 1. The van der Waals surface area contributed by atoms with Crippen molar-refractivity contribution in [3.8, 4) is 11.5 Å². The zero-order chi connectivity index (χ0) is 10.7. The summed E-state index contributed by atoms with van der Waals surface area (Å²) in [6, 6.07) is 1.46. The van der Waals surface area contributed by atoms with Crippen LogP contribution >= 0.6 is 15.9 Å². The number of phenols is 1. The average Bonchev–Trinajstić information content (AvgIpc) is 2.16. The van der Waals surface area contributed by atoms with Crippen LogP contribution in [0.3, 0.4) is 0 Å². The Hall–Kier alpha value is -0.850. The Bertz CT molecular complexity index is 346. The first kappa shape index (κ1) is 11.2. The highest BCUT2D eigenvalue weighted by Crippen LogP contribution is 2.36. The first-order valence-electron chi connectivity index (χ1n) is 3.72. The van der Waals surface area contributed by atoms with E-state index in [1.54, 1.807) is 0 Å². The van der Waals surface area contributed by atoms with Crippen molar-refractivity contribution in [3.05, 3.63) is 21.9 Å². The third-order valence-electron chi connectivity index (χ3n) is 1.70. The van der Waals surface area contributed by atoms with E-state index in [0.29, 0.717) is 5.56 Å². The highest BCUT2D eigenvalue weighted by atomic mass is 79.9. The summed E-state index contributed by atoms with van der Waals surface area (Å²) in [4.78, 5) is 0. The molecule has 14 heavy (non-hydrogen) atoms. The average molecular weight is 266 g/mol. The molecule has 0 atom stereocenters. The number of hydrogen-bond acceptors (Lipinski definition) is 4. The number of aromatic hydroxyl groups is 1. The maximum absolute atomic E-state index is 13.3. The van der Waals surface area contributed by atoms with E-state index in [2.05, 4.69) is 15.9 Å². The lowest BCUT2D eigenvalue weighted by atomic mass is 10.2. The fraction of sp³-hybridized carbons (Fsp3) is 0.250. The maximum Gasteiger partial charge on any atom is 0.208 e. The van der Waals surface area contributed by atoms with Crippen LogP contribution in [0.15, 0.2) is 10.5 Å². The second kappa shape index (κ2) is 4.59. The molecule has 4 nitrogen and oxygen atoms in total. The van der Waals surface area contributed by atoms with Gasteiger partial charge in [0.2, 0.25) is 5.82 Å². The number of hydrogen-bond donors (Lipinski definition) is 3. The van der Waals surface area contributed by atoms with E-state index in [4.69, 9.17) is 9.94 Å². The van der Waals surface area contributed by atoms with Crippen LogP contribution in [0.1, 0.15) is 5.56 Å². The molecule has 1 aromatic rings. The van der Waals surface area contributed by atoms with E-state index in [-0.39, 0.29) is 16.8 Å². The summed E-state index contributed by atoms with van der Waals surface area (Å²) >= 11 is 2.98. The number of rotatable bonds is 3. The Morgan fingerprint density at radius 2 is 2.29 bits per heavy atom. The predicted octanol–water partition coefficient (Wildman–Crippen LogP) is 1.78. The summed E-state index contributed by atoms with van der Waals surface area (Å²) in [5, 5.41) is 17.7. The van der Waals surface area contributed by atoms with Gasteiger partial charge in [0.05, 0.1) is 11.6 Å². The van der Waals surface area contributed by atoms with E-state index in [1.165, 1.54) is 13.2 Å². The number of ether oxygens (including phenoxy) is 1. The van der Waals surface area contributed by atoms with Gasteiger partial charge in [0.15, 0.2) is 11.5 Å². The van der Waals surface area contributed by atoms with Gasteiger partial charge < -0.3 is 15.1 Å². The molecule has 3 N–H and O–H groups in total. The number of halogens is 2. The first-order chi connectivity index (χ1) is 6.61. The molecule has 0 bridgehead atoms. The fourth-order valence-corrected chi connectivity index (χ4v) is 1.53. The Morgan fingerprint density at radius 1 is 1.64 bits per heavy atom. The molecule has 0 unspecified atom stereocenters. The maximum atomic E-state index is 13.3. The first-order valence-corrected chi connectivity index (χ1v) is 4.52. The van der Waals surface area contributed by atoms with Crippen LogP contribution in [-0.4, -0.2) is 17.4 Å². The third kappa shape index (κ3) is 1.97. The van der Waals surface area contributed by atoms with Crippen molar-refractivity contribution in [2.24, 2.45) is 0 Å². The lowest BCUT2D eigenvalue weighted by molar-refractivity contribution is 0.159. The second-order valence-corrected chi connectivity index (χ2v) is 3.40. The van der Waals surface area contributed by atoms with Gasteiger partial charge in [-0.15, -0.1) is 0 Å². The number of hydroxylamine groups is 1. The van der Waals surface area contributed by atoms with E-state index in [1.807, 2.05) is 5.48 Å². The molecule has 0 aromatic heterocycles. The Kier molecular flexibility index (Phi) is 3.68. The number of methoxy groups -OCH3 is 1. The van der Waals surface area contributed by atoms with Crippen molar-refractivity contribution in [1.82, 2.24) is 5.48 Å². The minimum absolute atomic E-state index is 0.0268. The molecule has 0 heterocycles. The standard InChI is InChI=1S/C8H9BrFNO3/c1-14-8-4(3-11-13)2-5(9)7(12)6(8)10/h2,11-13H,3H2,1H3. The SMILES string of the molecule is COc1c(CNO)cc(Br)c(O)c1F. The summed E-state index contributed by atoms with van der Waals surface area (Å²) in [6.07, 6.45) is 0. The molecule has 0 saturated heterocycles. The molecular weight excluding hydrogens is 257 g/mol. The summed E-state index contributed by atoms with van der Waals surface area (Å²) in [5.74, 6) is -1.46. The third-order valence-corrected chi connectivity index (χ3v) is 2.30. The van der Waals surface area contributed by atoms with Crippen LogP contribution in [0, 0.1) is 5.82 Å². The minimum Gasteiger partial charge on any atom is -0.504 e. The molecule has 0 fully saturated rings. The smallest absolute Gasteiger partial charge is 0.208 e. The molecule has 1 rings (SSSR count). The summed E-state index contributed by atoms with van der Waals surface area (Å²) in [6.45, 7) is 0.0268. The predicted molar refractivity (Wildman–Crippen MR) is 50.9 cm³/mol. The summed E-state index contributed by atoms with van der Waals surface area (Å²) in [5.41, 5.74) is 2.28. The van der Waals surface area contributed by atoms with Gasteiger partial charge in [-0.2, -0.15) is 4.39 Å². The molecule has 0 amide bonds. The van der Waals surface area contributed by atoms with Crippen molar-refractivity contribution >= 4 is 15.9 Å². The van der Waals surface area contributed by atoms with E-state index < -0.39 is 11.6 Å². The van der Waals surface area contributed by atoms with Crippen molar-refractivity contribution in [3.63, 3.8) is 0 Å². The molecule has 0 aliphatic rings. The summed E-state index contributed by atoms with van der Waals surface area (Å²) in [7, 11) is 1.28. The Balaban J connectivity index is 3.28. The summed E-state index contributed by atoms with van der Waals surface area (Å²) < 4.78 is 18.3. The second-order valence-electron chi connectivity index (χ2n) is 2.55. The van der Waals surface area contributed by atoms with Crippen LogP contribution in [0.25, 0.3) is 0 Å². The normalized spacial score (nSPS) is 10.3. The molecule has 1 aromatic carbocycles. The van der Waals surface area contributed by atoms with Crippen LogP contribution < -0.4 is 10.2 Å². The number of phenolic OH excluding ortho intramolecular Hbond substituents is 1. The van der Waals surface area contributed by atoms with Crippen LogP contribution in [0.2, 0.25) is 0 Å². The van der Waals surface area contributed by atoms with Gasteiger partial charge in [-0.3, -0.25) is 0 Å². The molecule has 0 radical (unpaired) electrons. The van der Waals surface area contributed by atoms with Crippen LogP contribution in [0.4, 0.5) is 4.39 Å². The van der Waals surface area contributed by atoms with E-state index in [9.17, 15) is 9.50 Å². The van der Waals surface area contributed by atoms with Crippen molar-refractivity contribution in [2.75, 3.05) is 7.11 Å². The monoisotopic (exact) mass is 265 g/mol. The van der Waals surface area contributed by atoms with E-state index in [0.717, 1.165) is 0 Å². The van der Waals surface area contributed by atoms with Crippen molar-refractivity contribution in [2.45, 2.75) is 6.54 Å². The molecule has 6 heteroatoms. The van der Waals surface area contributed by atoms with Gasteiger partial charge >= 0.3 is 0 Å². The zero-order valence-corrected chi connectivity index (χ0v) is 8.93. The van der Waals surface area contributed by atoms with Gasteiger partial charge in [-0.25, -0.2) is 5.48 Å². The molecule has 0 aliphatic carbocycles. The molecule has 0 spiro atoms. The molecule has 0 saturated carbocycles. The zero-order valence-electron chi connectivity index (χ0n) is 7.34. The van der Waals surface area contributed by atoms with Gasteiger partial charge in [0, 0.05) is 12.1 Å². The highest BCUT2D eigenvalue weighted by Gasteiger charge is 2.16. The lowest BCUT2D eigenvalue weighted by Gasteiger charge is -2.10. The largest absolute Gasteiger partial charge is 0.504 e. The quantitative estimate of drug-likeness (QED) is 0.730. The minimum atomic E-state index is -0.855. The lowest BCUT2D eigenvalue weighted by Crippen LogP contribution is -2.08. The number of benzene rings is 1. The van der Waals surface area contributed by atoms with Gasteiger partial charge in [0.25, 0.3) is 0 Å². The van der Waals surface area contributed by atoms with Crippen molar-refractivity contribution in [1.29, 1.82) is 0 Å². The van der Waals surface area contributed by atoms with Gasteiger partial charge in [-0.05, 0) is 22.0 Å². The van der Waals surface area contributed by atoms with Crippen molar-refractivity contribution < 1.29 is 19.4 Å². The molecule has 78 valence electrons. The topological polar surface area (TPSA) is 61.7 Å². The highest BCUT2D eigenvalue weighted by molar-refractivity contribution is 9.10. The van der Waals surface area contributed by atoms with Gasteiger partial charge in [-0.1, -0.05) is 0 Å². The van der Waals surface area contributed by atoms with Crippen LogP contribution in [0.5, 0.6) is 11.5 Å². The van der Waals surface area contributed by atoms with E-state index >= 15 is 0 Å². The molecular formula is C8H9BrFNO3. The Morgan fingerprint density at radius 3 is 2.79 bits per heavy atom.